The first-order chi connectivity index (χ1) is 25.9. The number of likely N-dealkylation sites (tertiary alicyclic amines) is 2. The molecule has 15 nitrogen and oxygen atoms in total. The van der Waals surface area contributed by atoms with Gasteiger partial charge in [-0.1, -0.05) is 67.6 Å². The summed E-state index contributed by atoms with van der Waals surface area (Å²) >= 11 is 1.42. The summed E-state index contributed by atoms with van der Waals surface area (Å²) in [6, 6.07) is 12.9. The van der Waals surface area contributed by atoms with Crippen LogP contribution in [0.1, 0.15) is 58.1 Å². The van der Waals surface area contributed by atoms with Crippen LogP contribution >= 0.6 is 11.3 Å². The first kappa shape index (κ1) is 38.1. The monoisotopic (exact) mass is 756 g/mol. The van der Waals surface area contributed by atoms with Gasteiger partial charge in [0.15, 0.2) is 10.8 Å². The number of benzene rings is 2. The van der Waals surface area contributed by atoms with Crippen LogP contribution in [0.5, 0.6) is 0 Å². The van der Waals surface area contributed by atoms with Crippen molar-refractivity contribution in [1.29, 1.82) is 0 Å². The highest BCUT2D eigenvalue weighted by Crippen LogP contribution is 2.31. The largest absolute Gasteiger partial charge is 0.387 e. The number of hydrogen-bond acceptors (Lipinski definition) is 9. The van der Waals surface area contributed by atoms with Gasteiger partial charge in [-0.25, -0.2) is 4.98 Å². The lowest BCUT2D eigenvalue weighted by molar-refractivity contribution is -0.141. The van der Waals surface area contributed by atoms with Gasteiger partial charge in [0.2, 0.25) is 35.4 Å². The standard InChI is InChI=1S/C38H44N8O7S/c1-22(2)32(39-23(3)48)36(52)45-17-8-12-28(45)35(51)41-30-20-44-19-29(54-38(44)42-30)24-13-15-26(16-14-24)40-34(50)27-11-7-18-46(27)37(53)33(43-31(49)21-47)25-9-5-4-6-10-25/h4-6,9-10,13-16,19-20,22,27-28,32-33,47H,7-8,11-12,17-18,21H2,1-3H3,(H,39,48)(H,40,50)(H,41,51)(H,43,49)/t27-,28?,32?,33-/m0/s1. The van der Waals surface area contributed by atoms with Gasteiger partial charge in [0.1, 0.15) is 30.8 Å². The van der Waals surface area contributed by atoms with Crippen LogP contribution in [0.4, 0.5) is 11.5 Å². The molecule has 6 rings (SSSR count). The summed E-state index contributed by atoms with van der Waals surface area (Å²) in [5.41, 5.74) is 1.99. The van der Waals surface area contributed by atoms with E-state index in [9.17, 15) is 33.9 Å². The maximum Gasteiger partial charge on any atom is 0.250 e. The van der Waals surface area contributed by atoms with Crippen molar-refractivity contribution >= 4 is 63.2 Å². The molecule has 4 aromatic rings. The van der Waals surface area contributed by atoms with Crippen molar-refractivity contribution in [1.82, 2.24) is 29.8 Å². The van der Waals surface area contributed by atoms with Gasteiger partial charge in [-0.3, -0.25) is 33.2 Å². The number of imidazole rings is 1. The summed E-state index contributed by atoms with van der Waals surface area (Å²) in [4.78, 5) is 86.6. The molecule has 16 heteroatoms. The average molecular weight is 757 g/mol. The maximum absolute atomic E-state index is 13.7. The second-order valence-corrected chi connectivity index (χ2v) is 14.8. The number of carbonyl (C=O) groups is 6. The minimum Gasteiger partial charge on any atom is -0.387 e. The van der Waals surface area contributed by atoms with E-state index in [2.05, 4.69) is 26.3 Å². The number of aromatic nitrogens is 2. The zero-order chi connectivity index (χ0) is 38.5. The molecule has 4 atom stereocenters. The number of hydrogen-bond donors (Lipinski definition) is 5. The van der Waals surface area contributed by atoms with E-state index < -0.39 is 42.6 Å². The van der Waals surface area contributed by atoms with Crippen molar-refractivity contribution in [3.8, 4) is 10.4 Å². The summed E-state index contributed by atoms with van der Waals surface area (Å²) in [7, 11) is 0. The highest BCUT2D eigenvalue weighted by molar-refractivity contribution is 7.20. The number of rotatable bonds is 12. The van der Waals surface area contributed by atoms with Crippen molar-refractivity contribution in [2.45, 2.75) is 70.6 Å². The highest BCUT2D eigenvalue weighted by Gasteiger charge is 2.40. The Bertz CT molecular complexity index is 2000. The molecule has 54 heavy (non-hydrogen) atoms. The van der Waals surface area contributed by atoms with Crippen molar-refractivity contribution < 1.29 is 33.9 Å². The number of nitrogens with one attached hydrogen (secondary N) is 4. The summed E-state index contributed by atoms with van der Waals surface area (Å²) < 4.78 is 1.81. The Morgan fingerprint density at radius 1 is 0.833 bits per heavy atom. The Hall–Kier alpha value is -5.61. The van der Waals surface area contributed by atoms with Crippen LogP contribution in [0.2, 0.25) is 0 Å². The lowest BCUT2D eigenvalue weighted by Crippen LogP contribution is -2.54. The molecule has 4 heterocycles. The molecule has 6 amide bonds. The predicted molar refractivity (Wildman–Crippen MR) is 202 cm³/mol. The van der Waals surface area contributed by atoms with Gasteiger partial charge in [-0.05, 0) is 54.9 Å². The van der Waals surface area contributed by atoms with E-state index in [1.165, 1.54) is 23.2 Å². The van der Waals surface area contributed by atoms with Crippen LogP contribution in [-0.4, -0.2) is 97.6 Å². The molecular weight excluding hydrogens is 713 g/mol. The van der Waals surface area contributed by atoms with E-state index in [4.69, 9.17) is 0 Å². The van der Waals surface area contributed by atoms with E-state index in [1.807, 2.05) is 36.6 Å². The van der Waals surface area contributed by atoms with Crippen LogP contribution in [0, 0.1) is 5.92 Å². The van der Waals surface area contributed by atoms with Crippen LogP contribution < -0.4 is 21.3 Å². The van der Waals surface area contributed by atoms with Gasteiger partial charge < -0.3 is 36.2 Å². The Morgan fingerprint density at radius 3 is 2.06 bits per heavy atom. The lowest BCUT2D eigenvalue weighted by atomic mass is 10.0. The van der Waals surface area contributed by atoms with Crippen molar-refractivity contribution in [3.05, 3.63) is 72.6 Å². The number of nitrogens with zero attached hydrogens (tertiary/aromatic N) is 4. The fraction of sp³-hybridized carbons (Fsp3) is 0.395. The topological polar surface area (TPSA) is 195 Å². The molecule has 0 radical (unpaired) electrons. The van der Waals surface area contributed by atoms with E-state index in [0.717, 1.165) is 10.4 Å². The molecule has 0 aliphatic carbocycles. The van der Waals surface area contributed by atoms with E-state index in [1.54, 1.807) is 53.6 Å². The predicted octanol–water partition coefficient (Wildman–Crippen LogP) is 2.93. The summed E-state index contributed by atoms with van der Waals surface area (Å²) in [5.74, 6) is -2.12. The summed E-state index contributed by atoms with van der Waals surface area (Å²) in [6.07, 6.45) is 5.90. The van der Waals surface area contributed by atoms with Crippen LogP contribution in [0.3, 0.4) is 0 Å². The number of amides is 6. The first-order valence-electron chi connectivity index (χ1n) is 18.0. The van der Waals surface area contributed by atoms with Crippen LogP contribution in [0.25, 0.3) is 15.4 Å². The Balaban J connectivity index is 1.07. The number of fused-ring (bicyclic) bond motifs is 1. The highest BCUT2D eigenvalue weighted by atomic mass is 32.1. The summed E-state index contributed by atoms with van der Waals surface area (Å²) in [6.45, 7) is 5.11. The third-order valence-corrected chi connectivity index (χ3v) is 10.7. The molecule has 0 saturated carbocycles. The minimum atomic E-state index is -1.04. The molecule has 2 aromatic heterocycles. The van der Waals surface area contributed by atoms with Crippen LogP contribution in [-0.2, 0) is 28.8 Å². The number of thiazole rings is 1. The molecular formula is C38H44N8O7S. The second kappa shape index (κ2) is 16.6. The zero-order valence-corrected chi connectivity index (χ0v) is 31.1. The third-order valence-electron chi connectivity index (χ3n) is 9.64. The third kappa shape index (κ3) is 8.44. The number of carbonyl (C=O) groups excluding carboxylic acids is 6. The molecule has 2 aliphatic rings. The molecule has 2 saturated heterocycles. The molecule has 2 unspecified atom stereocenters. The molecule has 0 spiro atoms. The molecule has 0 bridgehead atoms. The van der Waals surface area contributed by atoms with Gasteiger partial charge in [-0.15, -0.1) is 0 Å². The molecule has 5 N–H and O–H groups in total. The van der Waals surface area contributed by atoms with Crippen LogP contribution in [0.15, 0.2) is 67.0 Å². The maximum atomic E-state index is 13.7. The average Bonchev–Trinajstić information content (AvgIpc) is 3.97. The number of aliphatic hydroxyl groups is 1. The van der Waals surface area contributed by atoms with Gasteiger partial charge in [0.05, 0.1) is 11.1 Å². The van der Waals surface area contributed by atoms with E-state index >= 15 is 0 Å². The molecule has 2 aromatic carbocycles. The van der Waals surface area contributed by atoms with Gasteiger partial charge in [-0.2, -0.15) is 0 Å². The molecule has 2 aliphatic heterocycles. The second-order valence-electron chi connectivity index (χ2n) is 13.8. The molecule has 2 fully saturated rings. The Morgan fingerprint density at radius 2 is 1.46 bits per heavy atom. The first-order valence-corrected chi connectivity index (χ1v) is 18.8. The van der Waals surface area contributed by atoms with Gasteiger partial charge in [0, 0.05) is 31.9 Å². The molecule has 284 valence electrons. The van der Waals surface area contributed by atoms with E-state index in [0.29, 0.717) is 60.8 Å². The normalized spacial score (nSPS) is 18.0. The smallest absolute Gasteiger partial charge is 0.250 e. The minimum absolute atomic E-state index is 0.134. The SMILES string of the molecule is CC(=O)NC(C(=O)N1CCCC1C(=O)Nc1cn2cc(-c3ccc(NC(=O)[C@@H]4CCCN4C(=O)[C@@H](NC(=O)CO)c4ccccc4)cc3)sc2n1)C(C)C. The van der Waals surface area contributed by atoms with Crippen molar-refractivity contribution in [2.24, 2.45) is 5.92 Å². The zero-order valence-electron chi connectivity index (χ0n) is 30.3. The fourth-order valence-corrected chi connectivity index (χ4v) is 7.94. The fourth-order valence-electron chi connectivity index (χ4n) is 6.97. The Labute approximate surface area is 316 Å². The van der Waals surface area contributed by atoms with Gasteiger partial charge in [0.25, 0.3) is 0 Å². The lowest BCUT2D eigenvalue weighted by Gasteiger charge is -2.30. The van der Waals surface area contributed by atoms with Crippen molar-refractivity contribution in [2.75, 3.05) is 30.3 Å². The quantitative estimate of drug-likeness (QED) is 0.146. The Kier molecular flexibility index (Phi) is 11.7. The number of aliphatic hydroxyl groups excluding tert-OH is 1. The van der Waals surface area contributed by atoms with Gasteiger partial charge >= 0.3 is 0 Å². The van der Waals surface area contributed by atoms with Crippen molar-refractivity contribution in [3.63, 3.8) is 0 Å². The summed E-state index contributed by atoms with van der Waals surface area (Å²) in [5, 5.41) is 20.4. The van der Waals surface area contributed by atoms with E-state index in [-0.39, 0.29) is 29.5 Å². The number of anilines is 2.